The highest BCUT2D eigenvalue weighted by molar-refractivity contribution is 6.09. The number of nitro benzene ring substituents is 1. The van der Waals surface area contributed by atoms with Crippen molar-refractivity contribution in [2.75, 3.05) is 19.4 Å². The van der Waals surface area contributed by atoms with Crippen LogP contribution in [0.2, 0.25) is 0 Å². The van der Waals surface area contributed by atoms with E-state index >= 15 is 0 Å². The van der Waals surface area contributed by atoms with E-state index in [1.807, 2.05) is 0 Å². The molecule has 3 aromatic rings. The molecule has 0 unspecified atom stereocenters. The number of nitrogens with one attached hydrogen (secondary N) is 1. The Morgan fingerprint density at radius 1 is 0.862 bits per heavy atom. The maximum absolute atomic E-state index is 12.6. The summed E-state index contributed by atoms with van der Waals surface area (Å²) in [7, 11) is 3.33. The van der Waals surface area contributed by atoms with Crippen molar-refractivity contribution in [1.82, 2.24) is 4.90 Å². The molecule has 0 bridgehead atoms. The van der Waals surface area contributed by atoms with Crippen LogP contribution in [-0.4, -0.2) is 35.6 Å². The molecule has 3 rings (SSSR count). The lowest BCUT2D eigenvalue weighted by Gasteiger charge is -2.12. The topological polar surface area (TPSA) is 92.6 Å². The monoisotopic (exact) mass is 389 g/mol. The van der Waals surface area contributed by atoms with E-state index in [9.17, 15) is 19.7 Å². The number of anilines is 2. The van der Waals surface area contributed by atoms with Gasteiger partial charge in [-0.15, -0.1) is 0 Å². The average molecular weight is 389 g/mol. The highest BCUT2D eigenvalue weighted by Gasteiger charge is 2.19. The number of rotatable bonds is 6. The zero-order valence-electron chi connectivity index (χ0n) is 16.0. The van der Waals surface area contributed by atoms with Gasteiger partial charge in [0.15, 0.2) is 5.78 Å². The summed E-state index contributed by atoms with van der Waals surface area (Å²) < 4.78 is 0. The highest BCUT2D eigenvalue weighted by atomic mass is 16.6. The molecule has 0 aliphatic heterocycles. The van der Waals surface area contributed by atoms with Crippen LogP contribution in [0.15, 0.2) is 72.8 Å². The molecule has 0 saturated carbocycles. The quantitative estimate of drug-likeness (QED) is 0.386. The van der Waals surface area contributed by atoms with E-state index in [4.69, 9.17) is 0 Å². The molecule has 1 N–H and O–H groups in total. The lowest BCUT2D eigenvalue weighted by atomic mass is 10.0. The Morgan fingerprint density at radius 3 is 2.07 bits per heavy atom. The molecule has 7 nitrogen and oxygen atoms in total. The zero-order valence-corrected chi connectivity index (χ0v) is 16.0. The van der Waals surface area contributed by atoms with Gasteiger partial charge in [0.05, 0.1) is 4.92 Å². The van der Waals surface area contributed by atoms with Crippen LogP contribution >= 0.6 is 0 Å². The van der Waals surface area contributed by atoms with Gasteiger partial charge in [0.25, 0.3) is 11.6 Å². The summed E-state index contributed by atoms with van der Waals surface area (Å²) >= 11 is 0. The Labute approximate surface area is 167 Å². The molecule has 0 aromatic heterocycles. The van der Waals surface area contributed by atoms with Gasteiger partial charge in [-0.2, -0.15) is 0 Å². The van der Waals surface area contributed by atoms with Crippen LogP contribution in [0.4, 0.5) is 17.1 Å². The van der Waals surface area contributed by atoms with E-state index in [1.165, 1.54) is 17.0 Å². The Bertz CT molecular complexity index is 1060. The van der Waals surface area contributed by atoms with Crippen molar-refractivity contribution < 1.29 is 14.5 Å². The first kappa shape index (κ1) is 19.8. The molecular weight excluding hydrogens is 370 g/mol. The molecule has 0 aliphatic carbocycles. The number of carbonyl (C=O) groups is 2. The Kier molecular flexibility index (Phi) is 5.69. The van der Waals surface area contributed by atoms with Gasteiger partial charge < -0.3 is 10.2 Å². The number of nitrogens with zero attached hydrogens (tertiary/aromatic N) is 2. The predicted octanol–water partition coefficient (Wildman–Crippen LogP) is 4.27. The van der Waals surface area contributed by atoms with Gasteiger partial charge in [-0.25, -0.2) is 0 Å². The number of nitro groups is 1. The van der Waals surface area contributed by atoms with Gasteiger partial charge in [-0.1, -0.05) is 30.3 Å². The fourth-order valence-corrected chi connectivity index (χ4v) is 2.80. The number of carbonyl (C=O) groups excluding carboxylic acids is 2. The van der Waals surface area contributed by atoms with Crippen LogP contribution in [0.25, 0.3) is 0 Å². The van der Waals surface area contributed by atoms with Gasteiger partial charge in [0.1, 0.15) is 5.69 Å². The molecule has 0 atom stereocenters. The fourth-order valence-electron chi connectivity index (χ4n) is 2.80. The maximum atomic E-state index is 12.6. The van der Waals surface area contributed by atoms with Gasteiger partial charge >= 0.3 is 0 Å². The third kappa shape index (κ3) is 4.47. The Morgan fingerprint density at radius 2 is 1.48 bits per heavy atom. The number of hydrogen-bond acceptors (Lipinski definition) is 5. The summed E-state index contributed by atoms with van der Waals surface area (Å²) in [4.78, 5) is 37.0. The molecule has 7 heteroatoms. The normalized spacial score (nSPS) is 10.3. The van der Waals surface area contributed by atoms with E-state index in [-0.39, 0.29) is 28.6 Å². The van der Waals surface area contributed by atoms with Crippen molar-refractivity contribution in [3.05, 3.63) is 99.6 Å². The molecule has 0 heterocycles. The average Bonchev–Trinajstić information content (AvgIpc) is 2.74. The molecule has 0 aliphatic rings. The van der Waals surface area contributed by atoms with Gasteiger partial charge in [0, 0.05) is 42.5 Å². The summed E-state index contributed by atoms with van der Waals surface area (Å²) in [5.74, 6) is -0.418. The third-order valence-electron chi connectivity index (χ3n) is 4.31. The largest absolute Gasteiger partial charge is 0.350 e. The lowest BCUT2D eigenvalue weighted by molar-refractivity contribution is -0.383. The summed E-state index contributed by atoms with van der Waals surface area (Å²) in [6.07, 6.45) is 0. The molecule has 0 spiro atoms. The van der Waals surface area contributed by atoms with E-state index in [2.05, 4.69) is 5.32 Å². The molecule has 3 aromatic carbocycles. The summed E-state index contributed by atoms with van der Waals surface area (Å²) in [5, 5.41) is 14.5. The molecule has 29 heavy (non-hydrogen) atoms. The van der Waals surface area contributed by atoms with E-state index in [0.29, 0.717) is 16.8 Å². The van der Waals surface area contributed by atoms with Crippen molar-refractivity contribution in [3.8, 4) is 0 Å². The SMILES string of the molecule is CN(C)C(=O)c1ccc(Nc2ccc(C(=O)c3ccccc3)cc2[N+](=O)[O-])cc1. The van der Waals surface area contributed by atoms with Crippen LogP contribution in [0.3, 0.4) is 0 Å². The summed E-state index contributed by atoms with van der Waals surface area (Å²) in [6, 6.07) is 19.5. The van der Waals surface area contributed by atoms with E-state index in [0.717, 1.165) is 0 Å². The summed E-state index contributed by atoms with van der Waals surface area (Å²) in [5.41, 5.74) is 1.85. The van der Waals surface area contributed by atoms with Crippen molar-refractivity contribution in [1.29, 1.82) is 0 Å². The molecule has 0 fully saturated rings. The van der Waals surface area contributed by atoms with E-state index in [1.54, 1.807) is 74.8 Å². The van der Waals surface area contributed by atoms with Crippen molar-refractivity contribution in [2.45, 2.75) is 0 Å². The zero-order chi connectivity index (χ0) is 21.0. The van der Waals surface area contributed by atoms with E-state index < -0.39 is 4.92 Å². The minimum absolute atomic E-state index is 0.133. The second-order valence-electron chi connectivity index (χ2n) is 6.59. The van der Waals surface area contributed by atoms with Crippen LogP contribution in [0.1, 0.15) is 26.3 Å². The second kappa shape index (κ2) is 8.35. The molecular formula is C22H19N3O4. The van der Waals surface area contributed by atoms with Gasteiger partial charge in [-0.3, -0.25) is 19.7 Å². The minimum Gasteiger partial charge on any atom is -0.350 e. The number of hydrogen-bond donors (Lipinski definition) is 1. The summed E-state index contributed by atoms with van der Waals surface area (Å²) in [6.45, 7) is 0. The molecule has 0 saturated heterocycles. The minimum atomic E-state index is -0.534. The highest BCUT2D eigenvalue weighted by Crippen LogP contribution is 2.29. The maximum Gasteiger partial charge on any atom is 0.293 e. The molecule has 0 radical (unpaired) electrons. The number of ketones is 1. The van der Waals surface area contributed by atoms with Gasteiger partial charge in [0.2, 0.25) is 0 Å². The van der Waals surface area contributed by atoms with Crippen molar-refractivity contribution in [2.24, 2.45) is 0 Å². The first-order valence-corrected chi connectivity index (χ1v) is 8.84. The fraction of sp³-hybridized carbons (Fsp3) is 0.0909. The predicted molar refractivity (Wildman–Crippen MR) is 111 cm³/mol. The Hall–Kier alpha value is -4.00. The second-order valence-corrected chi connectivity index (χ2v) is 6.59. The van der Waals surface area contributed by atoms with Crippen LogP contribution in [-0.2, 0) is 0 Å². The third-order valence-corrected chi connectivity index (χ3v) is 4.31. The first-order valence-electron chi connectivity index (χ1n) is 8.84. The van der Waals surface area contributed by atoms with Crippen molar-refractivity contribution >= 4 is 28.8 Å². The van der Waals surface area contributed by atoms with Crippen LogP contribution in [0.5, 0.6) is 0 Å². The standard InChI is InChI=1S/C22H19N3O4/c1-24(2)22(27)16-8-11-18(12-9-16)23-19-13-10-17(14-20(19)25(28)29)21(26)15-6-4-3-5-7-15/h3-14,23H,1-2H3. The first-order chi connectivity index (χ1) is 13.9. The smallest absolute Gasteiger partial charge is 0.293 e. The number of benzene rings is 3. The van der Waals surface area contributed by atoms with Crippen LogP contribution in [0, 0.1) is 10.1 Å². The number of amides is 1. The van der Waals surface area contributed by atoms with Crippen LogP contribution < -0.4 is 5.32 Å². The van der Waals surface area contributed by atoms with Crippen molar-refractivity contribution in [3.63, 3.8) is 0 Å². The molecule has 146 valence electrons. The molecule has 1 amide bonds. The van der Waals surface area contributed by atoms with Gasteiger partial charge in [-0.05, 0) is 36.4 Å². The lowest BCUT2D eigenvalue weighted by Crippen LogP contribution is -2.21. The Balaban J connectivity index is 1.87.